The molecule has 2 nitrogen and oxygen atoms in total. The van der Waals surface area contributed by atoms with Crippen molar-refractivity contribution in [1.82, 2.24) is 0 Å². The van der Waals surface area contributed by atoms with Crippen LogP contribution in [0.3, 0.4) is 0 Å². The maximum atomic E-state index is 5.34. The topological polar surface area (TPSA) is 18.5 Å². The molecule has 0 spiro atoms. The lowest BCUT2D eigenvalue weighted by molar-refractivity contribution is 0.253. The molecule has 0 saturated heterocycles. The molecule has 0 aromatic heterocycles. The van der Waals surface area contributed by atoms with Gasteiger partial charge in [0.05, 0.1) is 34.4 Å². The molecule has 0 heterocycles. The van der Waals surface area contributed by atoms with Gasteiger partial charge >= 0.3 is 0 Å². The fraction of sp³-hybridized carbons (Fsp3) is 1.00. The van der Waals surface area contributed by atoms with Crippen LogP contribution in [0.25, 0.3) is 0 Å². The molecule has 0 fully saturated rings. The summed E-state index contributed by atoms with van der Waals surface area (Å²) >= 11 is 2.65. The Balaban J connectivity index is 3.10. The van der Waals surface area contributed by atoms with Gasteiger partial charge in [0, 0.05) is 0 Å². The van der Waals surface area contributed by atoms with Crippen molar-refractivity contribution in [2.24, 2.45) is 0 Å². The quantitative estimate of drug-likeness (QED) is 0.361. The molecule has 0 radical (unpaired) electrons. The Bertz CT molecular complexity index is 89.1. The molecule has 0 bridgehead atoms. The van der Waals surface area contributed by atoms with Crippen LogP contribution in [0.1, 0.15) is 40.5 Å². The van der Waals surface area contributed by atoms with Crippen molar-refractivity contribution < 1.29 is 8.37 Å². The summed E-state index contributed by atoms with van der Waals surface area (Å²) in [6, 6.07) is 0. The predicted molar refractivity (Wildman–Crippen MR) is 56.9 cm³/mol. The SMILES string of the molecule is CCC(C)OSSOC(C)CC. The lowest BCUT2D eigenvalue weighted by Gasteiger charge is -2.10. The third-order valence-electron chi connectivity index (χ3n) is 1.58. The minimum absolute atomic E-state index is 0.308. The second kappa shape index (κ2) is 8.23. The Kier molecular flexibility index (Phi) is 8.65. The lowest BCUT2D eigenvalue weighted by Crippen LogP contribution is -2.01. The van der Waals surface area contributed by atoms with E-state index in [0.717, 1.165) is 12.8 Å². The zero-order chi connectivity index (χ0) is 9.40. The maximum Gasteiger partial charge on any atom is 0.0928 e. The predicted octanol–water partition coefficient (Wildman–Crippen LogP) is 3.83. The summed E-state index contributed by atoms with van der Waals surface area (Å²) in [5.41, 5.74) is 0. The van der Waals surface area contributed by atoms with Crippen LogP contribution in [0.4, 0.5) is 0 Å². The first kappa shape index (κ1) is 12.6. The van der Waals surface area contributed by atoms with Gasteiger partial charge in [-0.1, -0.05) is 13.8 Å². The lowest BCUT2D eigenvalue weighted by atomic mass is 10.3. The van der Waals surface area contributed by atoms with Crippen molar-refractivity contribution in [2.45, 2.75) is 52.7 Å². The Morgan fingerprint density at radius 1 is 0.917 bits per heavy atom. The normalized spacial score (nSPS) is 16.0. The van der Waals surface area contributed by atoms with Crippen molar-refractivity contribution in [1.29, 1.82) is 0 Å². The first-order valence-corrected chi connectivity index (χ1v) is 6.36. The molecule has 0 aliphatic carbocycles. The van der Waals surface area contributed by atoms with Crippen molar-refractivity contribution in [3.05, 3.63) is 0 Å². The van der Waals surface area contributed by atoms with Gasteiger partial charge < -0.3 is 8.37 Å². The van der Waals surface area contributed by atoms with E-state index in [4.69, 9.17) is 8.37 Å². The first-order chi connectivity index (χ1) is 5.70. The van der Waals surface area contributed by atoms with Crippen LogP contribution in [-0.4, -0.2) is 12.2 Å². The van der Waals surface area contributed by atoms with Gasteiger partial charge in [0.15, 0.2) is 0 Å². The minimum Gasteiger partial charge on any atom is -0.300 e. The van der Waals surface area contributed by atoms with E-state index in [1.165, 1.54) is 22.1 Å². The fourth-order valence-corrected chi connectivity index (χ4v) is 1.90. The van der Waals surface area contributed by atoms with Crippen molar-refractivity contribution >= 4 is 22.1 Å². The summed E-state index contributed by atoms with van der Waals surface area (Å²) in [5.74, 6) is 0. The standard InChI is InChI=1S/C8H18O2S2/c1-5-7(3)9-11-12-10-8(4)6-2/h7-8H,5-6H2,1-4H3. The molecule has 74 valence electrons. The van der Waals surface area contributed by atoms with Crippen LogP contribution in [0.2, 0.25) is 0 Å². The first-order valence-electron chi connectivity index (χ1n) is 4.36. The van der Waals surface area contributed by atoms with E-state index in [2.05, 4.69) is 27.7 Å². The highest BCUT2D eigenvalue weighted by Crippen LogP contribution is 2.27. The van der Waals surface area contributed by atoms with Crippen LogP contribution < -0.4 is 0 Å². The van der Waals surface area contributed by atoms with Crippen molar-refractivity contribution in [3.63, 3.8) is 0 Å². The molecule has 0 rings (SSSR count). The smallest absolute Gasteiger partial charge is 0.0928 e. The Hall–Kier alpha value is 0.620. The van der Waals surface area contributed by atoms with E-state index in [1.807, 2.05) is 0 Å². The van der Waals surface area contributed by atoms with Gasteiger partial charge in [-0.3, -0.25) is 0 Å². The van der Waals surface area contributed by atoms with Gasteiger partial charge in [-0.2, -0.15) is 0 Å². The van der Waals surface area contributed by atoms with E-state index in [0.29, 0.717) is 12.2 Å². The number of hydrogen-bond acceptors (Lipinski definition) is 4. The van der Waals surface area contributed by atoms with Crippen molar-refractivity contribution in [2.75, 3.05) is 0 Å². The molecule has 2 unspecified atom stereocenters. The van der Waals surface area contributed by atoms with Gasteiger partial charge in [0.25, 0.3) is 0 Å². The van der Waals surface area contributed by atoms with Gasteiger partial charge in [0.2, 0.25) is 0 Å². The van der Waals surface area contributed by atoms with Crippen LogP contribution >= 0.6 is 22.1 Å². The van der Waals surface area contributed by atoms with Gasteiger partial charge in [-0.05, 0) is 26.7 Å². The zero-order valence-electron chi connectivity index (χ0n) is 8.20. The monoisotopic (exact) mass is 210 g/mol. The van der Waals surface area contributed by atoms with E-state index < -0.39 is 0 Å². The fourth-order valence-electron chi connectivity index (χ4n) is 0.302. The molecule has 2 atom stereocenters. The molecule has 0 aromatic carbocycles. The molecule has 0 saturated carbocycles. The summed E-state index contributed by atoms with van der Waals surface area (Å²) in [5, 5.41) is 0. The van der Waals surface area contributed by atoms with Crippen LogP contribution in [0.5, 0.6) is 0 Å². The van der Waals surface area contributed by atoms with Crippen LogP contribution in [0.15, 0.2) is 0 Å². The highest BCUT2D eigenvalue weighted by atomic mass is 33.1. The number of rotatable bonds is 7. The Morgan fingerprint density at radius 3 is 1.50 bits per heavy atom. The zero-order valence-corrected chi connectivity index (χ0v) is 9.83. The summed E-state index contributed by atoms with van der Waals surface area (Å²) in [6.45, 7) is 8.31. The third-order valence-corrected chi connectivity index (χ3v) is 3.09. The minimum atomic E-state index is 0.308. The second-order valence-electron chi connectivity index (χ2n) is 2.77. The summed E-state index contributed by atoms with van der Waals surface area (Å²) in [7, 11) is 0. The van der Waals surface area contributed by atoms with Crippen molar-refractivity contribution in [3.8, 4) is 0 Å². The molecule has 0 N–H and O–H groups in total. The number of hydrogen-bond donors (Lipinski definition) is 0. The average Bonchev–Trinajstić information content (AvgIpc) is 2.11. The van der Waals surface area contributed by atoms with Gasteiger partial charge in [-0.15, -0.1) is 0 Å². The van der Waals surface area contributed by atoms with Crippen LogP contribution in [0, 0.1) is 0 Å². The van der Waals surface area contributed by atoms with E-state index >= 15 is 0 Å². The molecule has 0 aliphatic heterocycles. The van der Waals surface area contributed by atoms with E-state index in [1.54, 1.807) is 0 Å². The molecule has 0 aromatic rings. The van der Waals surface area contributed by atoms with Gasteiger partial charge in [-0.25, -0.2) is 0 Å². The Labute approximate surface area is 83.6 Å². The third kappa shape index (κ3) is 7.28. The highest BCUT2D eigenvalue weighted by Gasteiger charge is 2.02. The average molecular weight is 210 g/mol. The largest absolute Gasteiger partial charge is 0.300 e. The summed E-state index contributed by atoms with van der Waals surface area (Å²) < 4.78 is 10.7. The summed E-state index contributed by atoms with van der Waals surface area (Å²) in [4.78, 5) is 0. The molecule has 12 heavy (non-hydrogen) atoms. The van der Waals surface area contributed by atoms with E-state index in [9.17, 15) is 0 Å². The van der Waals surface area contributed by atoms with Gasteiger partial charge in [0.1, 0.15) is 0 Å². The summed E-state index contributed by atoms with van der Waals surface area (Å²) in [6.07, 6.45) is 2.69. The molecular formula is C8H18O2S2. The molecule has 0 amide bonds. The Morgan fingerprint density at radius 2 is 1.25 bits per heavy atom. The maximum absolute atomic E-state index is 5.34. The highest BCUT2D eigenvalue weighted by molar-refractivity contribution is 8.73. The van der Waals surface area contributed by atoms with E-state index in [-0.39, 0.29) is 0 Å². The molecular weight excluding hydrogens is 192 g/mol. The van der Waals surface area contributed by atoms with Crippen LogP contribution in [-0.2, 0) is 8.37 Å². The second-order valence-corrected chi connectivity index (χ2v) is 4.24. The molecule has 0 aliphatic rings. The molecule has 4 heteroatoms.